The summed E-state index contributed by atoms with van der Waals surface area (Å²) in [7, 11) is -2.68. The van der Waals surface area contributed by atoms with Gasteiger partial charge < -0.3 is 10.1 Å². The molecule has 0 aliphatic heterocycles. The number of hydrogen-bond donors (Lipinski definition) is 2. The van der Waals surface area contributed by atoms with Crippen molar-refractivity contribution in [1.82, 2.24) is 9.36 Å². The second kappa shape index (κ2) is 7.95. The van der Waals surface area contributed by atoms with Crippen LogP contribution in [-0.4, -0.2) is 30.8 Å². The van der Waals surface area contributed by atoms with E-state index in [1.54, 1.807) is 5.38 Å². The van der Waals surface area contributed by atoms with Gasteiger partial charge in [-0.25, -0.2) is 17.8 Å². The number of pyridine rings is 1. The zero-order valence-electron chi connectivity index (χ0n) is 15.4. The predicted molar refractivity (Wildman–Crippen MR) is 108 cm³/mol. The molecule has 2 N–H and O–H groups in total. The van der Waals surface area contributed by atoms with Crippen molar-refractivity contribution in [2.75, 3.05) is 17.1 Å². The second-order valence-corrected chi connectivity index (χ2v) is 8.28. The number of benzene rings is 1. The molecule has 1 aromatic carbocycles. The third-order valence-corrected chi connectivity index (χ3v) is 5.90. The fraction of sp³-hybridized carbons (Fsp3) is 0.167. The fourth-order valence-corrected chi connectivity index (χ4v) is 4.40. The molecule has 146 valence electrons. The first-order chi connectivity index (χ1) is 13.3. The number of nitrogens with zero attached hydrogens (tertiary/aromatic N) is 2. The molecule has 3 rings (SSSR count). The minimum Gasteiger partial charge on any atom is -0.480 e. The van der Waals surface area contributed by atoms with Gasteiger partial charge in [0.1, 0.15) is 0 Å². The van der Waals surface area contributed by atoms with Gasteiger partial charge in [0.15, 0.2) is 4.90 Å². The van der Waals surface area contributed by atoms with Gasteiger partial charge in [0.05, 0.1) is 36.4 Å². The molecule has 2 heterocycles. The van der Waals surface area contributed by atoms with Gasteiger partial charge in [-0.05, 0) is 42.6 Å². The Labute approximate surface area is 166 Å². The van der Waals surface area contributed by atoms with E-state index in [-0.39, 0.29) is 16.5 Å². The lowest BCUT2D eigenvalue weighted by molar-refractivity contribution is 0.102. The van der Waals surface area contributed by atoms with Gasteiger partial charge in [-0.1, -0.05) is 18.2 Å². The molecule has 8 nitrogen and oxygen atoms in total. The third-order valence-electron chi connectivity index (χ3n) is 3.97. The number of ether oxygens (including phenoxy) is 1. The smallest absolute Gasteiger partial charge is 0.267 e. The van der Waals surface area contributed by atoms with Crippen LogP contribution in [0.25, 0.3) is 0 Å². The normalized spacial score (nSPS) is 11.1. The number of amides is 1. The van der Waals surface area contributed by atoms with E-state index in [1.807, 2.05) is 32.0 Å². The van der Waals surface area contributed by atoms with Gasteiger partial charge in [-0.3, -0.25) is 9.52 Å². The largest absolute Gasteiger partial charge is 0.480 e. The quantitative estimate of drug-likeness (QED) is 0.636. The van der Waals surface area contributed by atoms with Crippen LogP contribution in [0.15, 0.2) is 46.9 Å². The van der Waals surface area contributed by atoms with Crippen molar-refractivity contribution < 1.29 is 17.9 Å². The maximum Gasteiger partial charge on any atom is 0.267 e. The maximum atomic E-state index is 13.0. The number of carbonyl (C=O) groups is 1. The Morgan fingerprint density at radius 3 is 2.50 bits per heavy atom. The lowest BCUT2D eigenvalue weighted by Gasteiger charge is -2.15. The summed E-state index contributed by atoms with van der Waals surface area (Å²) in [5.41, 5.74) is 2.65. The van der Waals surface area contributed by atoms with Crippen molar-refractivity contribution in [2.45, 2.75) is 18.7 Å². The number of methoxy groups -OCH3 is 1. The molecule has 0 atom stereocenters. The monoisotopic (exact) mass is 418 g/mol. The van der Waals surface area contributed by atoms with Crippen molar-refractivity contribution in [2.24, 2.45) is 0 Å². The summed E-state index contributed by atoms with van der Waals surface area (Å²) in [5, 5.41) is 4.20. The molecule has 0 saturated carbocycles. The molecule has 0 aliphatic carbocycles. The number of nitrogens with one attached hydrogen (secondary N) is 2. The molecule has 2 aromatic heterocycles. The average Bonchev–Trinajstić information content (AvgIpc) is 3.20. The molecule has 0 aliphatic rings. The van der Waals surface area contributed by atoms with E-state index in [0.29, 0.717) is 11.3 Å². The lowest BCUT2D eigenvalue weighted by atomic mass is 10.1. The summed E-state index contributed by atoms with van der Waals surface area (Å²) >= 11 is 1.14. The van der Waals surface area contributed by atoms with Crippen LogP contribution in [0, 0.1) is 13.8 Å². The number of para-hydroxylation sites is 1. The maximum absolute atomic E-state index is 13.0. The molecule has 1 amide bonds. The first-order valence-electron chi connectivity index (χ1n) is 8.15. The van der Waals surface area contributed by atoms with Crippen LogP contribution < -0.4 is 14.8 Å². The lowest BCUT2D eigenvalue weighted by Crippen LogP contribution is -2.17. The van der Waals surface area contributed by atoms with Crippen molar-refractivity contribution >= 4 is 38.8 Å². The zero-order chi connectivity index (χ0) is 20.3. The molecule has 0 bridgehead atoms. The molecular formula is C18H18N4O4S2. The van der Waals surface area contributed by atoms with E-state index in [9.17, 15) is 13.2 Å². The summed E-state index contributed by atoms with van der Waals surface area (Å²) < 4.78 is 37.6. The molecule has 28 heavy (non-hydrogen) atoms. The Morgan fingerprint density at radius 1 is 1.18 bits per heavy atom. The van der Waals surface area contributed by atoms with Crippen LogP contribution >= 0.6 is 11.5 Å². The van der Waals surface area contributed by atoms with Gasteiger partial charge in [-0.15, -0.1) is 0 Å². The highest BCUT2D eigenvalue weighted by molar-refractivity contribution is 7.92. The third kappa shape index (κ3) is 4.12. The number of carbonyl (C=O) groups excluding carboxylic acids is 1. The van der Waals surface area contributed by atoms with E-state index in [1.165, 1.54) is 25.6 Å². The highest BCUT2D eigenvalue weighted by atomic mass is 32.2. The highest BCUT2D eigenvalue weighted by Gasteiger charge is 2.23. The summed E-state index contributed by atoms with van der Waals surface area (Å²) in [6, 6.07) is 6.78. The molecular weight excluding hydrogens is 400 g/mol. The minimum absolute atomic E-state index is 0.0751. The Balaban J connectivity index is 1.96. The average molecular weight is 419 g/mol. The van der Waals surface area contributed by atoms with Crippen molar-refractivity contribution in [3.8, 4) is 5.88 Å². The SMILES string of the molecule is COc1ncc(NC(=O)c2cnsc2)cc1S(=O)(=O)Nc1c(C)cccc1C. The predicted octanol–water partition coefficient (Wildman–Crippen LogP) is 3.22. The zero-order valence-corrected chi connectivity index (χ0v) is 17.0. The topological polar surface area (TPSA) is 110 Å². The number of anilines is 2. The van der Waals surface area contributed by atoms with E-state index in [2.05, 4.69) is 19.4 Å². The molecule has 0 saturated heterocycles. The molecule has 0 spiro atoms. The summed E-state index contributed by atoms with van der Waals surface area (Å²) in [5.74, 6) is -0.485. The van der Waals surface area contributed by atoms with Crippen molar-refractivity contribution in [3.63, 3.8) is 0 Å². The van der Waals surface area contributed by atoms with Gasteiger partial charge in [0, 0.05) is 5.38 Å². The summed E-state index contributed by atoms with van der Waals surface area (Å²) in [6.45, 7) is 3.62. The Kier molecular flexibility index (Phi) is 5.61. The number of hydrogen-bond acceptors (Lipinski definition) is 7. The first-order valence-corrected chi connectivity index (χ1v) is 10.5. The standard InChI is InChI=1S/C18H18N4O4S2/c1-11-5-4-6-12(2)16(11)22-28(24,25)15-7-14(9-19-18(15)26-3)21-17(23)13-8-20-27-10-13/h4-10,22H,1-3H3,(H,21,23). The molecule has 0 unspecified atom stereocenters. The first kappa shape index (κ1) is 19.8. The summed E-state index contributed by atoms with van der Waals surface area (Å²) in [6.07, 6.45) is 2.76. The van der Waals surface area contributed by atoms with Gasteiger partial charge in [-0.2, -0.15) is 0 Å². The van der Waals surface area contributed by atoms with Crippen molar-refractivity contribution in [1.29, 1.82) is 0 Å². The summed E-state index contributed by atoms with van der Waals surface area (Å²) in [4.78, 5) is 16.0. The highest BCUT2D eigenvalue weighted by Crippen LogP contribution is 2.29. The molecule has 0 fully saturated rings. The molecule has 0 radical (unpaired) electrons. The Bertz CT molecular complexity index is 1090. The number of aromatic nitrogens is 2. The van der Waals surface area contributed by atoms with E-state index in [0.717, 1.165) is 22.7 Å². The number of sulfonamides is 1. The van der Waals surface area contributed by atoms with E-state index >= 15 is 0 Å². The molecule has 3 aromatic rings. The number of aryl methyl sites for hydroxylation is 2. The van der Waals surface area contributed by atoms with Gasteiger partial charge >= 0.3 is 0 Å². The van der Waals surface area contributed by atoms with Crippen LogP contribution in [0.3, 0.4) is 0 Å². The van der Waals surface area contributed by atoms with E-state index < -0.39 is 15.9 Å². The van der Waals surface area contributed by atoms with Gasteiger partial charge in [0.25, 0.3) is 15.9 Å². The molecule has 10 heteroatoms. The Morgan fingerprint density at radius 2 is 1.89 bits per heavy atom. The van der Waals surface area contributed by atoms with Crippen molar-refractivity contribution in [3.05, 3.63) is 58.7 Å². The van der Waals surface area contributed by atoms with Crippen LogP contribution in [0.5, 0.6) is 5.88 Å². The van der Waals surface area contributed by atoms with Gasteiger partial charge in [0.2, 0.25) is 5.88 Å². The van der Waals surface area contributed by atoms with E-state index in [4.69, 9.17) is 4.74 Å². The second-order valence-electron chi connectivity index (χ2n) is 5.97. The van der Waals surface area contributed by atoms with Crippen LogP contribution in [-0.2, 0) is 10.0 Å². The van der Waals surface area contributed by atoms with Crippen LogP contribution in [0.2, 0.25) is 0 Å². The fourth-order valence-electron chi connectivity index (χ4n) is 2.53. The van der Waals surface area contributed by atoms with Crippen LogP contribution in [0.4, 0.5) is 11.4 Å². The number of rotatable bonds is 6. The van der Waals surface area contributed by atoms with Crippen LogP contribution in [0.1, 0.15) is 21.5 Å². The minimum atomic E-state index is -4.01. The Hall–Kier alpha value is -2.98.